The Balaban J connectivity index is 2.29. The number of hydrogen-bond donors (Lipinski definition) is 1. The number of hydrogen-bond acceptors (Lipinski definition) is 2. The Kier molecular flexibility index (Phi) is 2.41. The van der Waals surface area contributed by atoms with Crippen molar-refractivity contribution in [3.63, 3.8) is 0 Å². The number of carboxylic acids is 1. The highest BCUT2D eigenvalue weighted by Gasteiger charge is 2.62. The maximum absolute atomic E-state index is 11.1. The Morgan fingerprint density at radius 1 is 1.44 bits per heavy atom. The molecule has 1 aliphatic carbocycles. The van der Waals surface area contributed by atoms with Gasteiger partial charge < -0.3 is 9.84 Å². The fourth-order valence-electron chi connectivity index (χ4n) is 2.56. The SMILES string of the molecule is COc1cccc([C@H]2[C@H](C(=O)O)C2(C)C)c1. The average molecular weight is 220 g/mol. The lowest BCUT2D eigenvalue weighted by Gasteiger charge is -2.05. The Morgan fingerprint density at radius 3 is 2.62 bits per heavy atom. The first kappa shape index (κ1) is 11.0. The molecule has 16 heavy (non-hydrogen) atoms. The van der Waals surface area contributed by atoms with E-state index in [9.17, 15) is 4.79 Å². The molecular formula is C13H16O3. The molecule has 0 heterocycles. The van der Waals surface area contributed by atoms with Gasteiger partial charge in [0.1, 0.15) is 5.75 Å². The molecule has 3 nitrogen and oxygen atoms in total. The van der Waals surface area contributed by atoms with Gasteiger partial charge in [0.25, 0.3) is 0 Å². The largest absolute Gasteiger partial charge is 0.497 e. The maximum Gasteiger partial charge on any atom is 0.307 e. The first-order valence-corrected chi connectivity index (χ1v) is 5.35. The van der Waals surface area contributed by atoms with Gasteiger partial charge in [0.15, 0.2) is 0 Å². The lowest BCUT2D eigenvalue weighted by atomic mass is 10.0. The van der Waals surface area contributed by atoms with Gasteiger partial charge >= 0.3 is 5.97 Å². The van der Waals surface area contributed by atoms with Gasteiger partial charge in [-0.2, -0.15) is 0 Å². The fraction of sp³-hybridized carbons (Fsp3) is 0.462. The molecule has 0 bridgehead atoms. The summed E-state index contributed by atoms with van der Waals surface area (Å²) in [5.41, 5.74) is 0.898. The summed E-state index contributed by atoms with van der Waals surface area (Å²) < 4.78 is 5.15. The first-order chi connectivity index (χ1) is 7.48. The molecule has 0 saturated heterocycles. The van der Waals surface area contributed by atoms with Crippen molar-refractivity contribution < 1.29 is 14.6 Å². The van der Waals surface area contributed by atoms with Crippen LogP contribution in [-0.2, 0) is 4.79 Å². The highest BCUT2D eigenvalue weighted by Crippen LogP contribution is 2.64. The molecule has 0 radical (unpaired) electrons. The highest BCUT2D eigenvalue weighted by atomic mass is 16.5. The fourth-order valence-corrected chi connectivity index (χ4v) is 2.56. The van der Waals surface area contributed by atoms with E-state index in [-0.39, 0.29) is 17.3 Å². The minimum absolute atomic E-state index is 0.0973. The Bertz CT molecular complexity index is 423. The second kappa shape index (κ2) is 3.51. The van der Waals surface area contributed by atoms with Crippen LogP contribution in [0.1, 0.15) is 25.3 Å². The van der Waals surface area contributed by atoms with E-state index in [1.165, 1.54) is 0 Å². The van der Waals surface area contributed by atoms with E-state index in [1.54, 1.807) is 7.11 Å². The molecule has 2 atom stereocenters. The van der Waals surface area contributed by atoms with E-state index in [0.29, 0.717) is 0 Å². The van der Waals surface area contributed by atoms with Crippen LogP contribution in [0, 0.1) is 11.3 Å². The van der Waals surface area contributed by atoms with Gasteiger partial charge in [0.2, 0.25) is 0 Å². The zero-order valence-corrected chi connectivity index (χ0v) is 9.73. The summed E-state index contributed by atoms with van der Waals surface area (Å²) in [7, 11) is 1.62. The van der Waals surface area contributed by atoms with Gasteiger partial charge in [0, 0.05) is 5.92 Å². The molecular weight excluding hydrogens is 204 g/mol. The smallest absolute Gasteiger partial charge is 0.307 e. The number of benzene rings is 1. The van der Waals surface area contributed by atoms with Crippen molar-refractivity contribution in [3.05, 3.63) is 29.8 Å². The van der Waals surface area contributed by atoms with Crippen molar-refractivity contribution in [1.29, 1.82) is 0 Å². The summed E-state index contributed by atoms with van der Waals surface area (Å²) in [5.74, 6) is -0.109. The number of carboxylic acid groups (broad SMARTS) is 1. The molecule has 1 aliphatic rings. The molecule has 2 rings (SSSR count). The van der Waals surface area contributed by atoms with E-state index < -0.39 is 5.97 Å². The van der Waals surface area contributed by atoms with Crippen LogP contribution in [0.15, 0.2) is 24.3 Å². The minimum Gasteiger partial charge on any atom is -0.497 e. The molecule has 1 fully saturated rings. The van der Waals surface area contributed by atoms with E-state index >= 15 is 0 Å². The summed E-state index contributed by atoms with van der Waals surface area (Å²) in [5, 5.41) is 9.12. The van der Waals surface area contributed by atoms with Crippen molar-refractivity contribution in [2.75, 3.05) is 7.11 Å². The minimum atomic E-state index is -0.710. The summed E-state index contributed by atoms with van der Waals surface area (Å²) >= 11 is 0. The van der Waals surface area contributed by atoms with E-state index in [2.05, 4.69) is 0 Å². The summed E-state index contributed by atoms with van der Waals surface area (Å²) in [6, 6.07) is 7.67. The molecule has 0 spiro atoms. The quantitative estimate of drug-likeness (QED) is 0.851. The molecule has 1 aromatic rings. The van der Waals surface area contributed by atoms with Crippen molar-refractivity contribution in [2.45, 2.75) is 19.8 Å². The molecule has 1 saturated carbocycles. The van der Waals surface area contributed by atoms with E-state index in [0.717, 1.165) is 11.3 Å². The topological polar surface area (TPSA) is 46.5 Å². The lowest BCUT2D eigenvalue weighted by molar-refractivity contribution is -0.139. The van der Waals surface area contributed by atoms with Crippen LogP contribution >= 0.6 is 0 Å². The van der Waals surface area contributed by atoms with Crippen LogP contribution in [0.2, 0.25) is 0 Å². The summed E-state index contributed by atoms with van der Waals surface area (Å²) in [6.45, 7) is 3.99. The van der Waals surface area contributed by atoms with Gasteiger partial charge in [-0.25, -0.2) is 0 Å². The number of ether oxygens (including phenoxy) is 1. The van der Waals surface area contributed by atoms with Gasteiger partial charge in [0.05, 0.1) is 13.0 Å². The van der Waals surface area contributed by atoms with Gasteiger partial charge in [-0.3, -0.25) is 4.79 Å². The summed E-state index contributed by atoms with van der Waals surface area (Å²) in [4.78, 5) is 11.1. The molecule has 3 heteroatoms. The van der Waals surface area contributed by atoms with E-state index in [1.807, 2.05) is 38.1 Å². The Hall–Kier alpha value is -1.51. The Morgan fingerprint density at radius 2 is 2.12 bits per heavy atom. The molecule has 86 valence electrons. The second-order valence-corrected chi connectivity index (χ2v) is 4.89. The zero-order chi connectivity index (χ0) is 11.9. The van der Waals surface area contributed by atoms with Crippen molar-refractivity contribution in [1.82, 2.24) is 0 Å². The molecule has 0 amide bonds. The summed E-state index contributed by atoms with van der Waals surface area (Å²) in [6.07, 6.45) is 0. The van der Waals surface area contributed by atoms with Gasteiger partial charge in [-0.1, -0.05) is 26.0 Å². The third kappa shape index (κ3) is 1.56. The normalized spacial score (nSPS) is 26.2. The number of aliphatic carboxylic acids is 1. The zero-order valence-electron chi connectivity index (χ0n) is 9.73. The van der Waals surface area contributed by atoms with Crippen LogP contribution in [0.25, 0.3) is 0 Å². The van der Waals surface area contributed by atoms with Gasteiger partial charge in [-0.15, -0.1) is 0 Å². The number of carbonyl (C=O) groups is 1. The predicted molar refractivity (Wildman–Crippen MR) is 60.6 cm³/mol. The molecule has 0 aromatic heterocycles. The molecule has 0 unspecified atom stereocenters. The number of methoxy groups -OCH3 is 1. The van der Waals surface area contributed by atoms with Crippen molar-refractivity contribution in [2.24, 2.45) is 11.3 Å². The number of rotatable bonds is 3. The van der Waals surface area contributed by atoms with Crippen LogP contribution in [0.4, 0.5) is 0 Å². The van der Waals surface area contributed by atoms with Crippen LogP contribution in [0.3, 0.4) is 0 Å². The first-order valence-electron chi connectivity index (χ1n) is 5.35. The molecule has 1 aromatic carbocycles. The monoisotopic (exact) mass is 220 g/mol. The van der Waals surface area contributed by atoms with Gasteiger partial charge in [-0.05, 0) is 23.1 Å². The lowest BCUT2D eigenvalue weighted by Crippen LogP contribution is -2.03. The third-order valence-corrected chi connectivity index (χ3v) is 3.55. The predicted octanol–water partition coefficient (Wildman–Crippen LogP) is 2.52. The van der Waals surface area contributed by atoms with E-state index in [4.69, 9.17) is 9.84 Å². The van der Waals surface area contributed by atoms with Crippen molar-refractivity contribution >= 4 is 5.97 Å². The average Bonchev–Trinajstić information content (AvgIpc) is 2.82. The van der Waals surface area contributed by atoms with Crippen molar-refractivity contribution in [3.8, 4) is 5.75 Å². The van der Waals surface area contributed by atoms with Crippen LogP contribution in [0.5, 0.6) is 5.75 Å². The third-order valence-electron chi connectivity index (χ3n) is 3.55. The van der Waals surface area contributed by atoms with Crippen LogP contribution in [-0.4, -0.2) is 18.2 Å². The van der Waals surface area contributed by atoms with Crippen LogP contribution < -0.4 is 4.74 Å². The second-order valence-electron chi connectivity index (χ2n) is 4.89. The Labute approximate surface area is 95.0 Å². The molecule has 0 aliphatic heterocycles. The molecule has 1 N–H and O–H groups in total. The highest BCUT2D eigenvalue weighted by molar-refractivity contribution is 5.77. The maximum atomic E-state index is 11.1. The standard InChI is InChI=1S/C13H16O3/c1-13(2)10(11(13)12(14)15)8-5-4-6-9(7-8)16-3/h4-7,10-11H,1-3H3,(H,14,15)/t10-,11+/m0/s1.